The van der Waals surface area contributed by atoms with Crippen LogP contribution in [0.2, 0.25) is 0 Å². The van der Waals surface area contributed by atoms with Crippen LogP contribution in [0, 0.1) is 6.92 Å². The van der Waals surface area contributed by atoms with Gasteiger partial charge in [0.05, 0.1) is 11.4 Å². The van der Waals surface area contributed by atoms with Gasteiger partial charge in [0.15, 0.2) is 10.3 Å². The number of nitrogens with zero attached hydrogens (tertiary/aromatic N) is 5. The normalized spacial score (nSPS) is 14.7. The maximum atomic E-state index is 12.5. The maximum absolute atomic E-state index is 12.5. The van der Waals surface area contributed by atoms with Gasteiger partial charge in [0.2, 0.25) is 5.91 Å². The molecule has 0 radical (unpaired) electrons. The van der Waals surface area contributed by atoms with Crippen LogP contribution in [0.15, 0.2) is 34.8 Å². The second-order valence-electron chi connectivity index (χ2n) is 7.94. The Morgan fingerprint density at radius 3 is 2.74 bits per heavy atom. The van der Waals surface area contributed by atoms with E-state index in [1.165, 1.54) is 43.4 Å². The predicted octanol–water partition coefficient (Wildman–Crippen LogP) is 6.09. The number of thiazole rings is 1. The number of benzene rings is 1. The van der Waals surface area contributed by atoms with Crippen LogP contribution in [0.5, 0.6) is 0 Å². The number of thioether (sulfide) groups is 1. The van der Waals surface area contributed by atoms with Gasteiger partial charge in [0, 0.05) is 24.1 Å². The van der Waals surface area contributed by atoms with Gasteiger partial charge in [-0.25, -0.2) is 4.98 Å². The Morgan fingerprint density at radius 2 is 2.00 bits per heavy atom. The van der Waals surface area contributed by atoms with Crippen LogP contribution < -0.4 is 4.90 Å². The van der Waals surface area contributed by atoms with Gasteiger partial charge >= 0.3 is 0 Å². The highest BCUT2D eigenvalue weighted by molar-refractivity contribution is 7.98. The molecule has 0 saturated heterocycles. The highest BCUT2D eigenvalue weighted by Gasteiger charge is 2.23. The van der Waals surface area contributed by atoms with Gasteiger partial charge in [-0.1, -0.05) is 56.1 Å². The molecule has 0 bridgehead atoms. The monoisotopic (exact) mass is 455 g/mol. The average Bonchev–Trinajstić information content (AvgIpc) is 3.39. The van der Waals surface area contributed by atoms with E-state index in [-0.39, 0.29) is 5.91 Å². The van der Waals surface area contributed by atoms with Crippen molar-refractivity contribution in [2.24, 2.45) is 0 Å². The van der Waals surface area contributed by atoms with Crippen LogP contribution >= 0.6 is 23.1 Å². The smallest absolute Gasteiger partial charge is 0.230 e. The van der Waals surface area contributed by atoms with Gasteiger partial charge in [-0.15, -0.1) is 21.5 Å². The van der Waals surface area contributed by atoms with Gasteiger partial charge in [0.1, 0.15) is 5.82 Å². The maximum Gasteiger partial charge on any atom is 0.230 e. The molecule has 0 aliphatic heterocycles. The molecule has 6 nitrogen and oxygen atoms in total. The lowest BCUT2D eigenvalue weighted by Gasteiger charge is -2.24. The minimum Gasteiger partial charge on any atom is -0.303 e. The lowest BCUT2D eigenvalue weighted by atomic mass is 9.95. The van der Waals surface area contributed by atoms with Crippen molar-refractivity contribution in [2.75, 3.05) is 4.90 Å². The Morgan fingerprint density at radius 1 is 1.23 bits per heavy atom. The summed E-state index contributed by atoms with van der Waals surface area (Å²) in [6.07, 6.45) is 7.17. The van der Waals surface area contributed by atoms with Crippen molar-refractivity contribution in [3.05, 3.63) is 46.7 Å². The van der Waals surface area contributed by atoms with E-state index in [4.69, 9.17) is 4.98 Å². The van der Waals surface area contributed by atoms with Gasteiger partial charge in [-0.3, -0.25) is 9.69 Å². The zero-order valence-electron chi connectivity index (χ0n) is 18.4. The molecule has 1 amide bonds. The fourth-order valence-corrected chi connectivity index (χ4v) is 6.18. The van der Waals surface area contributed by atoms with Crippen molar-refractivity contribution in [3.63, 3.8) is 0 Å². The minimum absolute atomic E-state index is 0.0258. The molecule has 0 atom stereocenters. The first kappa shape index (κ1) is 22.0. The highest BCUT2D eigenvalue weighted by Crippen LogP contribution is 2.35. The molecule has 0 N–H and O–H groups in total. The van der Waals surface area contributed by atoms with Crippen molar-refractivity contribution in [3.8, 4) is 0 Å². The molecule has 8 heteroatoms. The van der Waals surface area contributed by atoms with Gasteiger partial charge in [-0.05, 0) is 37.8 Å². The van der Waals surface area contributed by atoms with E-state index in [1.54, 1.807) is 23.6 Å². The van der Waals surface area contributed by atoms with Crippen LogP contribution in [0.25, 0.3) is 0 Å². The number of amides is 1. The summed E-state index contributed by atoms with van der Waals surface area (Å²) < 4.78 is 2.32. The fourth-order valence-electron chi connectivity index (χ4n) is 4.25. The summed E-state index contributed by atoms with van der Waals surface area (Å²) in [4.78, 5) is 19.0. The molecule has 0 unspecified atom stereocenters. The summed E-state index contributed by atoms with van der Waals surface area (Å²) >= 11 is 3.19. The molecular weight excluding hydrogens is 426 g/mol. The van der Waals surface area contributed by atoms with Crippen LogP contribution in [0.1, 0.15) is 69.1 Å². The summed E-state index contributed by atoms with van der Waals surface area (Å²) in [7, 11) is 0. The Hall–Kier alpha value is -2.19. The van der Waals surface area contributed by atoms with E-state index in [1.807, 2.05) is 30.5 Å². The third kappa shape index (κ3) is 4.85. The second kappa shape index (κ2) is 9.96. The molecule has 164 valence electrons. The summed E-state index contributed by atoms with van der Waals surface area (Å²) in [5, 5.41) is 12.5. The molecule has 4 rings (SSSR count). The third-order valence-electron chi connectivity index (χ3n) is 5.78. The summed E-state index contributed by atoms with van der Waals surface area (Å²) in [5.41, 5.74) is 3.01. The Balaban J connectivity index is 1.51. The van der Waals surface area contributed by atoms with E-state index in [0.29, 0.717) is 16.9 Å². The zero-order valence-corrected chi connectivity index (χ0v) is 20.0. The fraction of sp³-hybridized carbons (Fsp3) is 0.478. The van der Waals surface area contributed by atoms with E-state index in [9.17, 15) is 4.79 Å². The first-order chi connectivity index (χ1) is 15.1. The Labute approximate surface area is 192 Å². The molecule has 1 aliphatic rings. The SMILES string of the molecule is CCc1ccccc1N(C(C)=O)c1nc(CSc2nnc(C)n2C2CCCCC2)cs1. The number of carbonyl (C=O) groups is 1. The number of carbonyl (C=O) groups excluding carboxylic acids is 1. The lowest BCUT2D eigenvalue weighted by molar-refractivity contribution is -0.115. The van der Waals surface area contributed by atoms with Crippen molar-refractivity contribution in [2.45, 2.75) is 76.2 Å². The molecule has 0 spiro atoms. The number of para-hydroxylation sites is 1. The molecule has 2 aromatic heterocycles. The summed E-state index contributed by atoms with van der Waals surface area (Å²) in [6.45, 7) is 5.74. The van der Waals surface area contributed by atoms with Crippen LogP contribution in [-0.2, 0) is 17.0 Å². The van der Waals surface area contributed by atoms with E-state index >= 15 is 0 Å². The molecule has 1 saturated carbocycles. The topological polar surface area (TPSA) is 63.9 Å². The molecule has 3 aromatic rings. The van der Waals surface area contributed by atoms with E-state index in [0.717, 1.165) is 34.3 Å². The zero-order chi connectivity index (χ0) is 21.8. The first-order valence-electron chi connectivity index (χ1n) is 11.0. The summed E-state index contributed by atoms with van der Waals surface area (Å²) in [6, 6.07) is 8.54. The molecule has 1 aromatic carbocycles. The standard InChI is InChI=1S/C23H29N5OS2/c1-4-18-10-8-9-13-21(18)28(17(3)29)22-24-19(14-30-22)15-31-23-26-25-16(2)27(23)20-11-6-5-7-12-20/h8-10,13-14,20H,4-7,11-12,15H2,1-3H3. The van der Waals surface area contributed by atoms with Crippen LogP contribution in [0.3, 0.4) is 0 Å². The van der Waals surface area contributed by atoms with Crippen LogP contribution in [-0.4, -0.2) is 25.7 Å². The van der Waals surface area contributed by atoms with Gasteiger partial charge in [0.25, 0.3) is 0 Å². The number of anilines is 2. The van der Waals surface area contributed by atoms with Gasteiger partial charge in [-0.2, -0.15) is 0 Å². The lowest BCUT2D eigenvalue weighted by Crippen LogP contribution is -2.23. The predicted molar refractivity (Wildman–Crippen MR) is 127 cm³/mol. The number of aromatic nitrogens is 4. The highest BCUT2D eigenvalue weighted by atomic mass is 32.2. The van der Waals surface area contributed by atoms with Crippen molar-refractivity contribution in [1.29, 1.82) is 0 Å². The minimum atomic E-state index is -0.0258. The molecule has 1 fully saturated rings. The first-order valence-corrected chi connectivity index (χ1v) is 12.8. The number of aryl methyl sites for hydroxylation is 2. The van der Waals surface area contributed by atoms with E-state index < -0.39 is 0 Å². The molecule has 2 heterocycles. The molecule has 1 aliphatic carbocycles. The second-order valence-corrected chi connectivity index (χ2v) is 9.72. The Kier molecular flexibility index (Phi) is 7.07. The van der Waals surface area contributed by atoms with Crippen molar-refractivity contribution in [1.82, 2.24) is 19.7 Å². The molecular formula is C23H29N5OS2. The quantitative estimate of drug-likeness (QED) is 0.404. The number of hydrogen-bond donors (Lipinski definition) is 0. The Bertz CT molecular complexity index is 1040. The van der Waals surface area contributed by atoms with Gasteiger partial charge < -0.3 is 4.57 Å². The average molecular weight is 456 g/mol. The van der Waals surface area contributed by atoms with Crippen molar-refractivity contribution >= 4 is 39.8 Å². The molecule has 31 heavy (non-hydrogen) atoms. The van der Waals surface area contributed by atoms with Crippen LogP contribution in [0.4, 0.5) is 10.8 Å². The summed E-state index contributed by atoms with van der Waals surface area (Å²) in [5.74, 6) is 1.68. The number of hydrogen-bond acceptors (Lipinski definition) is 6. The number of rotatable bonds is 7. The van der Waals surface area contributed by atoms with E-state index in [2.05, 4.69) is 27.8 Å². The third-order valence-corrected chi connectivity index (χ3v) is 7.63. The van der Waals surface area contributed by atoms with Crippen molar-refractivity contribution < 1.29 is 4.79 Å². The largest absolute Gasteiger partial charge is 0.303 e.